The van der Waals surface area contributed by atoms with E-state index in [1.807, 2.05) is 12.1 Å². The second-order valence-corrected chi connectivity index (χ2v) is 7.94. The molecule has 0 amide bonds. The highest BCUT2D eigenvalue weighted by atomic mass is 16.5. The van der Waals surface area contributed by atoms with Gasteiger partial charge in [0.05, 0.1) is 12.2 Å². The summed E-state index contributed by atoms with van der Waals surface area (Å²) >= 11 is 0. The average Bonchev–Trinajstić information content (AvgIpc) is 2.80. The van der Waals surface area contributed by atoms with Gasteiger partial charge in [0.1, 0.15) is 12.1 Å². The zero-order valence-corrected chi connectivity index (χ0v) is 19.0. The van der Waals surface area contributed by atoms with Crippen LogP contribution in [0.2, 0.25) is 0 Å². The molecule has 1 aromatic carbocycles. The topological polar surface area (TPSA) is 95.3 Å². The van der Waals surface area contributed by atoms with Crippen LogP contribution < -0.4 is 0 Å². The largest absolute Gasteiger partial charge is 0.454 e. The van der Waals surface area contributed by atoms with Crippen LogP contribution in [-0.4, -0.2) is 29.8 Å². The summed E-state index contributed by atoms with van der Waals surface area (Å²) in [6, 6.07) is 7.81. The highest BCUT2D eigenvalue weighted by Gasteiger charge is 2.22. The lowest BCUT2D eigenvalue weighted by Gasteiger charge is -2.19. The second kappa shape index (κ2) is 18.5. The Kier molecular flexibility index (Phi) is 15.9. The van der Waals surface area contributed by atoms with Crippen molar-refractivity contribution in [2.75, 3.05) is 6.61 Å². The van der Waals surface area contributed by atoms with Crippen molar-refractivity contribution in [1.29, 1.82) is 0 Å². The average molecular weight is 430 g/mol. The van der Waals surface area contributed by atoms with E-state index in [-0.39, 0.29) is 6.61 Å². The van der Waals surface area contributed by atoms with Gasteiger partial charge in [0, 0.05) is 4.91 Å². The van der Waals surface area contributed by atoms with Gasteiger partial charge in [-0.05, 0) is 36.6 Å². The monoisotopic (exact) mass is 429 g/mol. The smallest absolute Gasteiger partial charge is 0.338 e. The first-order chi connectivity index (χ1) is 15.2. The van der Waals surface area contributed by atoms with Gasteiger partial charge in [-0.2, -0.15) is 0 Å². The molecule has 6 nitrogen and oxygen atoms in total. The van der Waals surface area contributed by atoms with E-state index in [1.54, 1.807) is 30.3 Å². The Bertz CT molecular complexity index is 657. The molecule has 0 fully saturated rings. The number of allylic oxidation sites excluding steroid dienone is 1. The Morgan fingerprint density at radius 1 is 1.03 bits per heavy atom. The molecule has 0 radical (unpaired) electrons. The number of ether oxygens (including phenoxy) is 1. The molecule has 0 saturated heterocycles. The Morgan fingerprint density at radius 3 is 2.16 bits per heavy atom. The van der Waals surface area contributed by atoms with E-state index in [2.05, 4.69) is 16.9 Å². The van der Waals surface area contributed by atoms with E-state index in [9.17, 15) is 9.90 Å². The Labute approximate surface area is 187 Å². The van der Waals surface area contributed by atoms with Crippen LogP contribution in [0.3, 0.4) is 0 Å². The number of hydrogen-bond donors (Lipinski definition) is 1. The Morgan fingerprint density at radius 2 is 1.61 bits per heavy atom. The molecule has 6 heteroatoms. The molecule has 2 atom stereocenters. The first kappa shape index (κ1) is 26.7. The van der Waals surface area contributed by atoms with Gasteiger partial charge < -0.3 is 9.84 Å². The molecule has 172 valence electrons. The van der Waals surface area contributed by atoms with Crippen molar-refractivity contribution in [2.24, 2.45) is 5.11 Å². The van der Waals surface area contributed by atoms with Crippen LogP contribution in [0, 0.1) is 0 Å². The van der Waals surface area contributed by atoms with Crippen LogP contribution in [0.15, 0.2) is 47.6 Å². The molecule has 0 spiro atoms. The molecule has 31 heavy (non-hydrogen) atoms. The molecule has 0 saturated carbocycles. The zero-order valence-electron chi connectivity index (χ0n) is 19.0. The van der Waals surface area contributed by atoms with E-state index in [4.69, 9.17) is 10.3 Å². The molecule has 0 aliphatic rings. The second-order valence-electron chi connectivity index (χ2n) is 7.94. The Balaban J connectivity index is 2.32. The number of nitrogens with zero attached hydrogens (tertiary/aromatic N) is 3. The summed E-state index contributed by atoms with van der Waals surface area (Å²) in [5.74, 6) is -0.503. The van der Waals surface area contributed by atoms with E-state index in [1.165, 1.54) is 64.2 Å². The van der Waals surface area contributed by atoms with E-state index >= 15 is 0 Å². The number of rotatable bonds is 18. The van der Waals surface area contributed by atoms with Crippen molar-refractivity contribution in [2.45, 2.75) is 96.1 Å². The van der Waals surface area contributed by atoms with E-state index in [0.717, 1.165) is 12.8 Å². The van der Waals surface area contributed by atoms with Crippen molar-refractivity contribution in [1.82, 2.24) is 0 Å². The lowest BCUT2D eigenvalue weighted by atomic mass is 10.0. The van der Waals surface area contributed by atoms with Gasteiger partial charge in [0.2, 0.25) is 0 Å². The predicted octanol–water partition coefficient (Wildman–Crippen LogP) is 7.14. The SMILES string of the molecule is CCCCCCCCCCCCC/C=C\[C@@H](OC(=O)c1ccccc1)[C@H](CO)N=[N+]=[N-]. The molecular weight excluding hydrogens is 390 g/mol. The van der Waals surface area contributed by atoms with Crippen molar-refractivity contribution in [3.63, 3.8) is 0 Å². The third kappa shape index (κ3) is 12.9. The molecule has 0 heterocycles. The van der Waals surface area contributed by atoms with Crippen molar-refractivity contribution >= 4 is 5.97 Å². The maximum atomic E-state index is 12.3. The van der Waals surface area contributed by atoms with Crippen LogP contribution >= 0.6 is 0 Å². The standard InChI is InChI=1S/C25H39N3O3/c1-2-3-4-5-6-7-8-9-10-11-12-13-17-20-24(23(21-29)27-28-26)31-25(30)22-18-15-14-16-19-22/h14-20,23-24,29H,2-13,21H2,1H3/b20-17-/t23-,24+/m0/s1. The lowest BCUT2D eigenvalue weighted by molar-refractivity contribution is 0.0304. The quantitative estimate of drug-likeness (QED) is 0.0670. The molecule has 1 aromatic rings. The number of azide groups is 1. The maximum Gasteiger partial charge on any atom is 0.338 e. The normalized spacial score (nSPS) is 13.0. The first-order valence-corrected chi connectivity index (χ1v) is 11.8. The highest BCUT2D eigenvalue weighted by Crippen LogP contribution is 2.14. The van der Waals surface area contributed by atoms with Crippen LogP contribution in [0.4, 0.5) is 0 Å². The van der Waals surface area contributed by atoms with Crippen molar-refractivity contribution in [3.8, 4) is 0 Å². The van der Waals surface area contributed by atoms with Gasteiger partial charge in [-0.3, -0.25) is 0 Å². The molecule has 0 unspecified atom stereocenters. The van der Waals surface area contributed by atoms with Crippen molar-refractivity contribution < 1.29 is 14.6 Å². The van der Waals surface area contributed by atoms with Crippen molar-refractivity contribution in [3.05, 3.63) is 58.5 Å². The van der Waals surface area contributed by atoms with Crippen LogP contribution in [-0.2, 0) is 4.74 Å². The number of aliphatic hydroxyl groups excluding tert-OH is 1. The van der Waals surface area contributed by atoms with Gasteiger partial charge in [-0.1, -0.05) is 101 Å². The molecule has 0 aliphatic carbocycles. The molecule has 1 N–H and O–H groups in total. The van der Waals surface area contributed by atoms with Gasteiger partial charge in [0.15, 0.2) is 0 Å². The number of benzene rings is 1. The zero-order chi connectivity index (χ0) is 22.6. The number of carbonyl (C=O) groups is 1. The fourth-order valence-electron chi connectivity index (χ4n) is 3.44. The first-order valence-electron chi connectivity index (χ1n) is 11.8. The number of hydrogen-bond acceptors (Lipinski definition) is 4. The van der Waals surface area contributed by atoms with Gasteiger partial charge in [0.25, 0.3) is 0 Å². The van der Waals surface area contributed by atoms with Gasteiger partial charge >= 0.3 is 5.97 Å². The third-order valence-corrected chi connectivity index (χ3v) is 5.32. The molecular formula is C25H39N3O3. The molecule has 0 aromatic heterocycles. The maximum absolute atomic E-state index is 12.3. The molecule has 1 rings (SSSR count). The van der Waals surface area contributed by atoms with Crippen LogP contribution in [0.5, 0.6) is 0 Å². The number of esters is 1. The summed E-state index contributed by atoms with van der Waals surface area (Å²) in [4.78, 5) is 15.1. The number of carbonyl (C=O) groups excluding carboxylic acids is 1. The summed E-state index contributed by atoms with van der Waals surface area (Å²) in [7, 11) is 0. The van der Waals surface area contributed by atoms with Crippen LogP contribution in [0.1, 0.15) is 94.3 Å². The molecule has 0 aliphatic heterocycles. The fourth-order valence-corrected chi connectivity index (χ4v) is 3.44. The number of aliphatic hydroxyl groups is 1. The summed E-state index contributed by atoms with van der Waals surface area (Å²) in [6.45, 7) is 1.86. The fraction of sp³-hybridized carbons (Fsp3) is 0.640. The lowest BCUT2D eigenvalue weighted by Crippen LogP contribution is -2.31. The van der Waals surface area contributed by atoms with Gasteiger partial charge in [-0.15, -0.1) is 0 Å². The Hall–Kier alpha value is -2.30. The van der Waals surface area contributed by atoms with Gasteiger partial charge in [-0.25, -0.2) is 4.79 Å². The molecule has 0 bridgehead atoms. The minimum Gasteiger partial charge on any atom is -0.454 e. The minimum atomic E-state index is -0.841. The summed E-state index contributed by atoms with van der Waals surface area (Å²) in [5, 5.41) is 13.1. The third-order valence-electron chi connectivity index (χ3n) is 5.32. The predicted molar refractivity (Wildman–Crippen MR) is 126 cm³/mol. The van der Waals surface area contributed by atoms with Crippen LogP contribution in [0.25, 0.3) is 10.4 Å². The number of unbranched alkanes of at least 4 members (excludes halogenated alkanes) is 11. The van der Waals surface area contributed by atoms with E-state index in [0.29, 0.717) is 5.56 Å². The highest BCUT2D eigenvalue weighted by molar-refractivity contribution is 5.89. The summed E-state index contributed by atoms with van der Waals surface area (Å²) < 4.78 is 5.50. The summed E-state index contributed by atoms with van der Waals surface area (Å²) in [6.07, 6.45) is 18.0. The summed E-state index contributed by atoms with van der Waals surface area (Å²) in [5.41, 5.74) is 9.15. The van der Waals surface area contributed by atoms with E-state index < -0.39 is 18.1 Å². The minimum absolute atomic E-state index is 0.389.